The Morgan fingerprint density at radius 3 is 1.69 bits per heavy atom. The molecule has 0 rings (SSSR count). The van der Waals surface area contributed by atoms with Crippen molar-refractivity contribution >= 4 is 7.32 Å². The van der Waals surface area contributed by atoms with Crippen LogP contribution in [0.3, 0.4) is 0 Å². The topological polar surface area (TPSA) is 73.7 Å². The molecule has 0 radical (unpaired) electrons. The van der Waals surface area contributed by atoms with Gasteiger partial charge in [-0.05, 0) is 12.8 Å². The molecule has 0 fully saturated rings. The predicted octanol–water partition coefficient (Wildman–Crippen LogP) is 1.76. The minimum atomic E-state index is -1.02. The Balaban J connectivity index is 0. The van der Waals surface area contributed by atoms with E-state index in [2.05, 4.69) is 13.8 Å². The maximum absolute atomic E-state index is 9.06. The van der Waals surface area contributed by atoms with Gasteiger partial charge in [-0.2, -0.15) is 0 Å². The summed E-state index contributed by atoms with van der Waals surface area (Å²) in [5.41, 5.74) is 0. The van der Waals surface area contributed by atoms with Crippen molar-refractivity contribution in [3.8, 4) is 0 Å². The van der Waals surface area contributed by atoms with Crippen LogP contribution < -0.4 is 6.15 Å². The van der Waals surface area contributed by atoms with Crippen LogP contribution in [0, 0.1) is 0 Å². The van der Waals surface area contributed by atoms with Crippen LogP contribution in [0.4, 0.5) is 0 Å². The molecule has 0 saturated heterocycles. The Morgan fingerprint density at radius 1 is 1.00 bits per heavy atom. The van der Waals surface area contributed by atoms with Crippen LogP contribution in [0.5, 0.6) is 0 Å². The van der Waals surface area contributed by atoms with Crippen LogP contribution in [0.25, 0.3) is 0 Å². The van der Waals surface area contributed by atoms with Gasteiger partial charge in [-0.25, -0.2) is 0 Å². The molecule has 0 spiro atoms. The van der Waals surface area contributed by atoms with Crippen LogP contribution in [0.2, 0.25) is 0 Å². The van der Waals surface area contributed by atoms with E-state index in [1.807, 2.05) is 0 Å². The molecule has 0 aromatic rings. The largest absolute Gasteiger partial charge is 0.636 e. The number of rotatable bonds is 8. The lowest BCUT2D eigenvalue weighted by Gasteiger charge is -2.07. The zero-order chi connectivity index (χ0) is 9.23. The second-order valence-electron chi connectivity index (χ2n) is 2.76. The van der Waals surface area contributed by atoms with Crippen LogP contribution in [0.15, 0.2) is 0 Å². The molecule has 0 aliphatic heterocycles. The first-order chi connectivity index (χ1) is 5.81. The van der Waals surface area contributed by atoms with Crippen LogP contribution in [0.1, 0.15) is 39.5 Å². The van der Waals surface area contributed by atoms with Crippen molar-refractivity contribution in [1.29, 1.82) is 0 Å². The summed E-state index contributed by atoms with van der Waals surface area (Å²) in [6.07, 6.45) is 4.08. The van der Waals surface area contributed by atoms with Gasteiger partial charge in [0.25, 0.3) is 0 Å². The average Bonchev–Trinajstić information content (AvgIpc) is 2.06. The SMILES string of the molecule is CCCCOB(O)OCCCC.N. The standard InChI is InChI=1S/C8H19BO3.H3N/c1-3-5-7-11-9(10)12-8-6-4-2;/h10H,3-8H2,1-2H3;1H3. The van der Waals surface area contributed by atoms with Crippen molar-refractivity contribution in [2.45, 2.75) is 39.5 Å². The van der Waals surface area contributed by atoms with Crippen molar-refractivity contribution < 1.29 is 14.3 Å². The fourth-order valence-corrected chi connectivity index (χ4v) is 0.705. The maximum atomic E-state index is 9.06. The normalized spacial score (nSPS) is 9.46. The van der Waals surface area contributed by atoms with Gasteiger partial charge in [0.15, 0.2) is 0 Å². The lowest BCUT2D eigenvalue weighted by Crippen LogP contribution is -2.23. The molecule has 0 amide bonds. The molecule has 0 saturated carbocycles. The molecular weight excluding hydrogens is 169 g/mol. The van der Waals surface area contributed by atoms with E-state index < -0.39 is 7.32 Å². The first-order valence-electron chi connectivity index (χ1n) is 4.72. The van der Waals surface area contributed by atoms with Gasteiger partial charge in [0, 0.05) is 13.2 Å². The fourth-order valence-electron chi connectivity index (χ4n) is 0.705. The summed E-state index contributed by atoms with van der Waals surface area (Å²) in [6, 6.07) is 0. The summed E-state index contributed by atoms with van der Waals surface area (Å²) in [6.45, 7) is 5.30. The van der Waals surface area contributed by atoms with E-state index in [0.717, 1.165) is 25.7 Å². The number of hydrogen-bond donors (Lipinski definition) is 2. The highest BCUT2D eigenvalue weighted by molar-refractivity contribution is 6.34. The quantitative estimate of drug-likeness (QED) is 0.452. The van der Waals surface area contributed by atoms with Gasteiger partial charge in [-0.1, -0.05) is 26.7 Å². The monoisotopic (exact) mass is 191 g/mol. The third kappa shape index (κ3) is 11.9. The van der Waals surface area contributed by atoms with Crippen LogP contribution >= 0.6 is 0 Å². The molecule has 4 nitrogen and oxygen atoms in total. The van der Waals surface area contributed by atoms with E-state index in [4.69, 9.17) is 14.3 Å². The minimum absolute atomic E-state index is 0. The highest BCUT2D eigenvalue weighted by Gasteiger charge is 2.13. The van der Waals surface area contributed by atoms with Gasteiger partial charge in [-0.3, -0.25) is 0 Å². The summed E-state index contributed by atoms with van der Waals surface area (Å²) in [5, 5.41) is 9.06. The fraction of sp³-hybridized carbons (Fsp3) is 1.00. The third-order valence-corrected chi connectivity index (χ3v) is 1.52. The molecule has 0 aliphatic rings. The summed E-state index contributed by atoms with van der Waals surface area (Å²) in [5.74, 6) is 0. The number of hydrogen-bond acceptors (Lipinski definition) is 4. The Bertz CT molecular complexity index is 85.5. The van der Waals surface area contributed by atoms with Crippen molar-refractivity contribution in [3.63, 3.8) is 0 Å². The van der Waals surface area contributed by atoms with Crippen LogP contribution in [-0.4, -0.2) is 25.6 Å². The minimum Gasteiger partial charge on any atom is -0.402 e. The van der Waals surface area contributed by atoms with Gasteiger partial charge in [0.2, 0.25) is 0 Å². The third-order valence-electron chi connectivity index (χ3n) is 1.52. The zero-order valence-electron chi connectivity index (χ0n) is 8.79. The van der Waals surface area contributed by atoms with Gasteiger partial charge in [-0.15, -0.1) is 0 Å². The lowest BCUT2D eigenvalue weighted by atomic mass is 10.2. The van der Waals surface area contributed by atoms with Gasteiger partial charge < -0.3 is 20.5 Å². The van der Waals surface area contributed by atoms with Crippen molar-refractivity contribution in [1.82, 2.24) is 6.15 Å². The summed E-state index contributed by atoms with van der Waals surface area (Å²) >= 11 is 0. The molecular formula is C8H22BNO3. The Labute approximate surface area is 81.4 Å². The summed E-state index contributed by atoms with van der Waals surface area (Å²) in [4.78, 5) is 0. The summed E-state index contributed by atoms with van der Waals surface area (Å²) in [7, 11) is -1.02. The lowest BCUT2D eigenvalue weighted by molar-refractivity contribution is 0.130. The Kier molecular flexibility index (Phi) is 14.1. The highest BCUT2D eigenvalue weighted by atomic mass is 16.7. The van der Waals surface area contributed by atoms with E-state index in [9.17, 15) is 0 Å². The molecule has 0 aliphatic carbocycles. The van der Waals surface area contributed by atoms with E-state index in [-0.39, 0.29) is 6.15 Å². The van der Waals surface area contributed by atoms with E-state index in [1.54, 1.807) is 0 Å². The number of unbranched alkanes of at least 4 members (excludes halogenated alkanes) is 2. The predicted molar refractivity (Wildman–Crippen MR) is 54.7 cm³/mol. The highest BCUT2D eigenvalue weighted by Crippen LogP contribution is 1.93. The molecule has 5 heteroatoms. The zero-order valence-corrected chi connectivity index (χ0v) is 8.79. The Hall–Kier alpha value is -0.0951. The molecule has 0 atom stereocenters. The first-order valence-corrected chi connectivity index (χ1v) is 4.72. The molecule has 0 bridgehead atoms. The van der Waals surface area contributed by atoms with E-state index in [0.29, 0.717) is 13.2 Å². The van der Waals surface area contributed by atoms with E-state index >= 15 is 0 Å². The second-order valence-corrected chi connectivity index (χ2v) is 2.76. The molecule has 80 valence electrons. The molecule has 0 aromatic carbocycles. The molecule has 4 N–H and O–H groups in total. The molecule has 0 unspecified atom stereocenters. The van der Waals surface area contributed by atoms with Crippen molar-refractivity contribution in [3.05, 3.63) is 0 Å². The Morgan fingerprint density at radius 2 is 1.38 bits per heavy atom. The van der Waals surface area contributed by atoms with Crippen molar-refractivity contribution in [2.24, 2.45) is 0 Å². The van der Waals surface area contributed by atoms with Gasteiger partial charge in [0.05, 0.1) is 0 Å². The maximum Gasteiger partial charge on any atom is 0.636 e. The summed E-state index contributed by atoms with van der Waals surface area (Å²) < 4.78 is 9.92. The first kappa shape index (κ1) is 15.4. The molecule has 13 heavy (non-hydrogen) atoms. The van der Waals surface area contributed by atoms with Gasteiger partial charge >= 0.3 is 7.32 Å². The molecule has 0 heterocycles. The van der Waals surface area contributed by atoms with Gasteiger partial charge in [0.1, 0.15) is 0 Å². The van der Waals surface area contributed by atoms with Crippen molar-refractivity contribution in [2.75, 3.05) is 13.2 Å². The second kappa shape index (κ2) is 11.9. The smallest absolute Gasteiger partial charge is 0.402 e. The molecule has 0 aromatic heterocycles. The van der Waals surface area contributed by atoms with E-state index in [1.165, 1.54) is 0 Å². The average molecular weight is 191 g/mol. The van der Waals surface area contributed by atoms with Crippen LogP contribution in [-0.2, 0) is 9.31 Å².